The lowest BCUT2D eigenvalue weighted by molar-refractivity contribution is 0.114. The lowest BCUT2D eigenvalue weighted by Gasteiger charge is -2.40. The zero-order valence-corrected chi connectivity index (χ0v) is 15.0. The SMILES string of the molecule is CCCNCC1(CN(C)Cc2ccc(Cl)s2)CCCCC1. The Bertz CT molecular complexity index is 413. The van der Waals surface area contributed by atoms with E-state index >= 15 is 0 Å². The van der Waals surface area contributed by atoms with E-state index < -0.39 is 0 Å². The molecular weight excluding hydrogens is 300 g/mol. The molecule has 1 aliphatic carbocycles. The summed E-state index contributed by atoms with van der Waals surface area (Å²) in [4.78, 5) is 3.86. The minimum atomic E-state index is 0.475. The summed E-state index contributed by atoms with van der Waals surface area (Å²) in [5.74, 6) is 0. The van der Waals surface area contributed by atoms with Crippen molar-refractivity contribution in [3.63, 3.8) is 0 Å². The molecule has 0 spiro atoms. The molecule has 21 heavy (non-hydrogen) atoms. The highest BCUT2D eigenvalue weighted by Crippen LogP contribution is 2.37. The summed E-state index contributed by atoms with van der Waals surface area (Å²) in [7, 11) is 2.25. The molecule has 0 bridgehead atoms. The topological polar surface area (TPSA) is 15.3 Å². The van der Waals surface area contributed by atoms with Crippen molar-refractivity contribution in [3.05, 3.63) is 21.3 Å². The average molecular weight is 329 g/mol. The van der Waals surface area contributed by atoms with Gasteiger partial charge in [-0.25, -0.2) is 0 Å². The van der Waals surface area contributed by atoms with E-state index in [4.69, 9.17) is 11.6 Å². The Morgan fingerprint density at radius 3 is 2.67 bits per heavy atom. The second kappa shape index (κ2) is 8.52. The third kappa shape index (κ3) is 5.55. The van der Waals surface area contributed by atoms with Crippen LogP contribution in [0, 0.1) is 5.41 Å². The van der Waals surface area contributed by atoms with Gasteiger partial charge >= 0.3 is 0 Å². The smallest absolute Gasteiger partial charge is 0.0931 e. The van der Waals surface area contributed by atoms with Gasteiger partial charge in [-0.2, -0.15) is 0 Å². The third-order valence-corrected chi connectivity index (χ3v) is 5.72. The molecule has 1 aromatic heterocycles. The van der Waals surface area contributed by atoms with Gasteiger partial charge in [0.1, 0.15) is 0 Å². The summed E-state index contributed by atoms with van der Waals surface area (Å²) in [6, 6.07) is 4.17. The van der Waals surface area contributed by atoms with Crippen LogP contribution >= 0.6 is 22.9 Å². The normalized spacial score (nSPS) is 18.3. The second-order valence-electron chi connectivity index (χ2n) is 6.62. The highest BCUT2D eigenvalue weighted by Gasteiger charge is 2.32. The zero-order chi connectivity index (χ0) is 15.1. The van der Waals surface area contributed by atoms with Crippen molar-refractivity contribution in [2.24, 2.45) is 5.41 Å². The number of nitrogens with one attached hydrogen (secondary N) is 1. The van der Waals surface area contributed by atoms with Crippen molar-refractivity contribution in [1.82, 2.24) is 10.2 Å². The van der Waals surface area contributed by atoms with Crippen LogP contribution < -0.4 is 5.32 Å². The first kappa shape index (κ1) is 17.3. The van der Waals surface area contributed by atoms with E-state index in [1.165, 1.54) is 56.5 Å². The first-order valence-corrected chi connectivity index (χ1v) is 9.46. The lowest BCUT2D eigenvalue weighted by atomic mass is 9.73. The molecule has 1 N–H and O–H groups in total. The highest BCUT2D eigenvalue weighted by molar-refractivity contribution is 7.16. The number of rotatable bonds is 8. The van der Waals surface area contributed by atoms with Crippen molar-refractivity contribution in [1.29, 1.82) is 0 Å². The molecule has 0 radical (unpaired) electrons. The number of halogens is 1. The molecule has 0 amide bonds. The van der Waals surface area contributed by atoms with Crippen LogP contribution in [0.15, 0.2) is 12.1 Å². The van der Waals surface area contributed by atoms with Gasteiger partial charge < -0.3 is 10.2 Å². The molecule has 1 aromatic rings. The summed E-state index contributed by atoms with van der Waals surface area (Å²) in [6.45, 7) is 6.78. The second-order valence-corrected chi connectivity index (χ2v) is 8.42. The van der Waals surface area contributed by atoms with Crippen LogP contribution in [0.1, 0.15) is 50.3 Å². The van der Waals surface area contributed by atoms with Crippen LogP contribution in [0.25, 0.3) is 0 Å². The maximum absolute atomic E-state index is 6.04. The number of thiophene rings is 1. The van der Waals surface area contributed by atoms with Gasteiger partial charge in [-0.3, -0.25) is 0 Å². The van der Waals surface area contributed by atoms with Gasteiger partial charge in [-0.05, 0) is 50.4 Å². The van der Waals surface area contributed by atoms with Gasteiger partial charge in [0.25, 0.3) is 0 Å². The maximum atomic E-state index is 6.04. The Balaban J connectivity index is 1.90. The van der Waals surface area contributed by atoms with Gasteiger partial charge in [-0.15, -0.1) is 11.3 Å². The van der Waals surface area contributed by atoms with E-state index in [1.54, 1.807) is 11.3 Å². The van der Waals surface area contributed by atoms with Gasteiger partial charge in [-0.1, -0.05) is 37.8 Å². The van der Waals surface area contributed by atoms with Gasteiger partial charge in [0.2, 0.25) is 0 Å². The number of hydrogen-bond donors (Lipinski definition) is 1. The molecule has 1 heterocycles. The van der Waals surface area contributed by atoms with E-state index in [2.05, 4.69) is 30.3 Å². The fourth-order valence-corrected chi connectivity index (χ4v) is 4.72. The molecule has 120 valence electrons. The van der Waals surface area contributed by atoms with Gasteiger partial charge in [0.05, 0.1) is 4.34 Å². The van der Waals surface area contributed by atoms with Crippen LogP contribution in [0.5, 0.6) is 0 Å². The molecule has 1 fully saturated rings. The quantitative estimate of drug-likeness (QED) is 0.691. The maximum Gasteiger partial charge on any atom is 0.0931 e. The van der Waals surface area contributed by atoms with Crippen LogP contribution in [-0.2, 0) is 6.54 Å². The Kier molecular flexibility index (Phi) is 7.00. The molecule has 1 aliphatic rings. The molecule has 2 nitrogen and oxygen atoms in total. The first-order valence-electron chi connectivity index (χ1n) is 8.27. The summed E-state index contributed by atoms with van der Waals surface area (Å²) < 4.78 is 0.899. The molecule has 0 unspecified atom stereocenters. The standard InChI is InChI=1S/C17H29ClN2S/c1-3-11-19-13-17(9-5-4-6-10-17)14-20(2)12-15-7-8-16(18)21-15/h7-8,19H,3-6,9-14H2,1-2H3. The summed E-state index contributed by atoms with van der Waals surface area (Å²) >= 11 is 7.74. The Morgan fingerprint density at radius 1 is 1.29 bits per heavy atom. The Morgan fingerprint density at radius 2 is 2.05 bits per heavy atom. The van der Waals surface area contributed by atoms with E-state index in [9.17, 15) is 0 Å². The molecular formula is C17H29ClN2S. The van der Waals surface area contributed by atoms with Crippen LogP contribution in [0.4, 0.5) is 0 Å². The van der Waals surface area contributed by atoms with Gasteiger partial charge in [0, 0.05) is 24.5 Å². The van der Waals surface area contributed by atoms with E-state index in [0.29, 0.717) is 5.41 Å². The molecule has 4 heteroatoms. The lowest BCUT2D eigenvalue weighted by Crippen LogP contribution is -2.44. The summed E-state index contributed by atoms with van der Waals surface area (Å²) in [5.41, 5.74) is 0.475. The van der Waals surface area contributed by atoms with Crippen molar-refractivity contribution in [2.45, 2.75) is 52.0 Å². The van der Waals surface area contributed by atoms with E-state index in [0.717, 1.165) is 17.4 Å². The number of hydrogen-bond acceptors (Lipinski definition) is 3. The molecule has 0 aliphatic heterocycles. The molecule has 0 atom stereocenters. The van der Waals surface area contributed by atoms with Crippen molar-refractivity contribution in [3.8, 4) is 0 Å². The van der Waals surface area contributed by atoms with Crippen molar-refractivity contribution >= 4 is 22.9 Å². The molecule has 0 saturated heterocycles. The first-order chi connectivity index (χ1) is 10.1. The van der Waals surface area contributed by atoms with Gasteiger partial charge in [0.15, 0.2) is 0 Å². The fourth-order valence-electron chi connectivity index (χ4n) is 3.55. The minimum absolute atomic E-state index is 0.475. The Hall–Kier alpha value is -0.0900. The summed E-state index contributed by atoms with van der Waals surface area (Å²) in [5, 5.41) is 3.67. The van der Waals surface area contributed by atoms with Crippen LogP contribution in [0.2, 0.25) is 4.34 Å². The molecule has 2 rings (SSSR count). The predicted octanol–water partition coefficient (Wildman–Crippen LogP) is 4.78. The third-order valence-electron chi connectivity index (χ3n) is 4.50. The van der Waals surface area contributed by atoms with Crippen molar-refractivity contribution < 1.29 is 0 Å². The highest BCUT2D eigenvalue weighted by atomic mass is 35.5. The summed E-state index contributed by atoms with van der Waals surface area (Å²) in [6.07, 6.45) is 8.18. The fraction of sp³-hybridized carbons (Fsp3) is 0.765. The van der Waals surface area contributed by atoms with Crippen LogP contribution in [0.3, 0.4) is 0 Å². The zero-order valence-electron chi connectivity index (χ0n) is 13.5. The minimum Gasteiger partial charge on any atom is -0.316 e. The van der Waals surface area contributed by atoms with E-state index in [-0.39, 0.29) is 0 Å². The number of nitrogens with zero attached hydrogens (tertiary/aromatic N) is 1. The predicted molar refractivity (Wildman–Crippen MR) is 94.3 cm³/mol. The molecule has 0 aromatic carbocycles. The average Bonchev–Trinajstić information content (AvgIpc) is 2.85. The largest absolute Gasteiger partial charge is 0.316 e. The van der Waals surface area contributed by atoms with E-state index in [1.807, 2.05) is 6.07 Å². The van der Waals surface area contributed by atoms with Crippen molar-refractivity contribution in [2.75, 3.05) is 26.7 Å². The Labute approximate surface area is 138 Å². The molecule has 1 saturated carbocycles. The monoisotopic (exact) mass is 328 g/mol. The van der Waals surface area contributed by atoms with Crippen LogP contribution in [-0.4, -0.2) is 31.6 Å².